The molecule has 1 heterocycles. The third-order valence-corrected chi connectivity index (χ3v) is 4.78. The van der Waals surface area contributed by atoms with Gasteiger partial charge in [-0.2, -0.15) is 11.8 Å². The Kier molecular flexibility index (Phi) is 5.68. The minimum atomic E-state index is 0.235. The second-order valence-corrected chi connectivity index (χ2v) is 5.73. The van der Waals surface area contributed by atoms with Gasteiger partial charge in [0.15, 0.2) is 0 Å². The van der Waals surface area contributed by atoms with Crippen LogP contribution in [0.1, 0.15) is 17.4 Å². The van der Waals surface area contributed by atoms with E-state index in [9.17, 15) is 0 Å². The molecule has 0 aliphatic heterocycles. The highest BCUT2D eigenvalue weighted by molar-refractivity contribution is 7.99. The first-order valence-corrected chi connectivity index (χ1v) is 7.25. The number of hydrogen-bond donors (Lipinski definition) is 2. The molecule has 0 radical (unpaired) electrons. The average Bonchev–Trinajstić information content (AvgIpc) is 2.63. The number of aryl methyl sites for hydroxylation is 1. The molecule has 4 heteroatoms. The lowest BCUT2D eigenvalue weighted by Gasteiger charge is -2.21. The molecule has 15 heavy (non-hydrogen) atoms. The van der Waals surface area contributed by atoms with Gasteiger partial charge in [-0.05, 0) is 37.1 Å². The predicted octanol–water partition coefficient (Wildman–Crippen LogP) is 2.26. The van der Waals surface area contributed by atoms with Crippen LogP contribution in [0, 0.1) is 6.92 Å². The van der Waals surface area contributed by atoms with Crippen LogP contribution in [0.3, 0.4) is 0 Å². The fourth-order valence-electron chi connectivity index (χ4n) is 1.41. The molecule has 0 saturated carbocycles. The monoisotopic (exact) mass is 245 g/mol. The fraction of sp³-hybridized carbons (Fsp3) is 0.636. The van der Waals surface area contributed by atoms with Crippen molar-refractivity contribution in [3.8, 4) is 0 Å². The first-order valence-electron chi connectivity index (χ1n) is 5.09. The molecule has 0 aliphatic rings. The van der Waals surface area contributed by atoms with Gasteiger partial charge in [0.05, 0.1) is 6.61 Å². The van der Waals surface area contributed by atoms with Crippen LogP contribution in [0.25, 0.3) is 0 Å². The van der Waals surface area contributed by atoms with E-state index in [2.05, 4.69) is 30.6 Å². The van der Waals surface area contributed by atoms with Gasteiger partial charge in [0.1, 0.15) is 0 Å². The van der Waals surface area contributed by atoms with Crippen molar-refractivity contribution in [2.45, 2.75) is 31.7 Å². The van der Waals surface area contributed by atoms with E-state index in [4.69, 9.17) is 5.11 Å². The highest BCUT2D eigenvalue weighted by Crippen LogP contribution is 2.16. The summed E-state index contributed by atoms with van der Waals surface area (Å²) in [6.07, 6.45) is 2.04. The van der Waals surface area contributed by atoms with Gasteiger partial charge in [-0.1, -0.05) is 0 Å². The molecule has 2 atom stereocenters. The Morgan fingerprint density at radius 1 is 1.60 bits per heavy atom. The fourth-order valence-corrected chi connectivity index (χ4v) is 2.92. The minimum Gasteiger partial charge on any atom is -0.395 e. The quantitative estimate of drug-likeness (QED) is 0.806. The van der Waals surface area contributed by atoms with Crippen LogP contribution in [0.4, 0.5) is 0 Å². The van der Waals surface area contributed by atoms with Crippen LogP contribution in [0.15, 0.2) is 11.4 Å². The number of aliphatic hydroxyl groups excluding tert-OH is 1. The third kappa shape index (κ3) is 3.79. The summed E-state index contributed by atoms with van der Waals surface area (Å²) in [7, 11) is 0. The van der Waals surface area contributed by atoms with E-state index in [1.165, 1.54) is 10.4 Å². The zero-order valence-electron chi connectivity index (χ0n) is 9.49. The van der Waals surface area contributed by atoms with Crippen molar-refractivity contribution < 1.29 is 5.11 Å². The second-order valence-electron chi connectivity index (χ2n) is 3.65. The van der Waals surface area contributed by atoms with Crippen LogP contribution >= 0.6 is 23.1 Å². The number of nitrogens with one attached hydrogen (secondary N) is 1. The third-order valence-electron chi connectivity index (χ3n) is 2.59. The van der Waals surface area contributed by atoms with E-state index >= 15 is 0 Å². The Balaban J connectivity index is 2.40. The molecule has 1 aromatic rings. The van der Waals surface area contributed by atoms with Crippen molar-refractivity contribution in [3.63, 3.8) is 0 Å². The zero-order valence-corrected chi connectivity index (χ0v) is 11.1. The van der Waals surface area contributed by atoms with Gasteiger partial charge in [-0.25, -0.2) is 0 Å². The molecular weight excluding hydrogens is 226 g/mol. The summed E-state index contributed by atoms with van der Waals surface area (Å²) in [4.78, 5) is 1.39. The number of hydrogen-bond acceptors (Lipinski definition) is 4. The molecule has 2 N–H and O–H groups in total. The molecule has 0 aliphatic carbocycles. The van der Waals surface area contributed by atoms with E-state index in [1.54, 1.807) is 23.1 Å². The van der Waals surface area contributed by atoms with Crippen LogP contribution < -0.4 is 5.32 Å². The number of rotatable bonds is 6. The molecule has 2 unspecified atom stereocenters. The van der Waals surface area contributed by atoms with Crippen molar-refractivity contribution >= 4 is 23.1 Å². The molecule has 0 amide bonds. The summed E-state index contributed by atoms with van der Waals surface area (Å²) < 4.78 is 0. The number of aliphatic hydroxyl groups is 1. The van der Waals surface area contributed by atoms with Crippen molar-refractivity contribution in [2.24, 2.45) is 0 Å². The molecule has 0 fully saturated rings. The highest BCUT2D eigenvalue weighted by Gasteiger charge is 2.14. The molecule has 0 bridgehead atoms. The van der Waals surface area contributed by atoms with Crippen LogP contribution in [0.5, 0.6) is 0 Å². The topological polar surface area (TPSA) is 32.3 Å². The standard InChI is InChI=1S/C11H19NOS2/c1-8-4-5-15-10(8)6-12-9(2)11(7-13)14-3/h4-5,9,11-13H,6-7H2,1-3H3. The molecule has 1 aromatic heterocycles. The van der Waals surface area contributed by atoms with Crippen LogP contribution in [-0.2, 0) is 6.54 Å². The van der Waals surface area contributed by atoms with Gasteiger partial charge in [-0.3, -0.25) is 0 Å². The van der Waals surface area contributed by atoms with Gasteiger partial charge in [0.2, 0.25) is 0 Å². The van der Waals surface area contributed by atoms with E-state index in [-0.39, 0.29) is 11.9 Å². The Hall–Kier alpha value is -0.0300. The van der Waals surface area contributed by atoms with Crippen molar-refractivity contribution in [1.82, 2.24) is 5.32 Å². The summed E-state index contributed by atoms with van der Waals surface area (Å²) in [5, 5.41) is 15.0. The Morgan fingerprint density at radius 3 is 2.80 bits per heavy atom. The first kappa shape index (κ1) is 13.0. The van der Waals surface area contributed by atoms with E-state index < -0.39 is 0 Å². The highest BCUT2D eigenvalue weighted by atomic mass is 32.2. The predicted molar refractivity (Wildman–Crippen MR) is 69.7 cm³/mol. The van der Waals surface area contributed by atoms with Crippen molar-refractivity contribution in [3.05, 3.63) is 21.9 Å². The molecular formula is C11H19NOS2. The van der Waals surface area contributed by atoms with Crippen molar-refractivity contribution in [2.75, 3.05) is 12.9 Å². The first-order chi connectivity index (χ1) is 7.19. The molecule has 0 spiro atoms. The van der Waals surface area contributed by atoms with Gasteiger partial charge < -0.3 is 10.4 Å². The lowest BCUT2D eigenvalue weighted by atomic mass is 10.2. The lowest BCUT2D eigenvalue weighted by Crippen LogP contribution is -2.36. The smallest absolute Gasteiger partial charge is 0.0564 e. The molecule has 0 saturated heterocycles. The van der Waals surface area contributed by atoms with Gasteiger partial charge in [0, 0.05) is 22.7 Å². The zero-order chi connectivity index (χ0) is 11.3. The SMILES string of the molecule is CSC(CO)C(C)NCc1sccc1C. The Morgan fingerprint density at radius 2 is 2.33 bits per heavy atom. The van der Waals surface area contributed by atoms with E-state index in [1.807, 2.05) is 6.26 Å². The minimum absolute atomic E-state index is 0.235. The maximum absolute atomic E-state index is 9.15. The number of thioether (sulfide) groups is 1. The lowest BCUT2D eigenvalue weighted by molar-refractivity contribution is 0.276. The van der Waals surface area contributed by atoms with E-state index in [0.29, 0.717) is 6.04 Å². The number of thiophene rings is 1. The molecule has 2 nitrogen and oxygen atoms in total. The summed E-state index contributed by atoms with van der Waals surface area (Å²) in [5.74, 6) is 0. The van der Waals surface area contributed by atoms with Gasteiger partial charge in [-0.15, -0.1) is 11.3 Å². The Labute approximate surface area is 100 Å². The maximum atomic E-state index is 9.15. The van der Waals surface area contributed by atoms with Crippen LogP contribution in [-0.4, -0.2) is 29.3 Å². The van der Waals surface area contributed by atoms with Gasteiger partial charge >= 0.3 is 0 Å². The summed E-state index contributed by atoms with van der Waals surface area (Å²) >= 11 is 3.50. The normalized spacial score (nSPS) is 15.2. The second kappa shape index (κ2) is 6.53. The van der Waals surface area contributed by atoms with E-state index in [0.717, 1.165) is 6.54 Å². The largest absolute Gasteiger partial charge is 0.395 e. The molecule has 0 aromatic carbocycles. The summed E-state index contributed by atoms with van der Waals surface area (Å²) in [5.41, 5.74) is 1.35. The molecule has 86 valence electrons. The summed E-state index contributed by atoms with van der Waals surface area (Å²) in [6, 6.07) is 2.48. The van der Waals surface area contributed by atoms with Crippen LogP contribution in [0.2, 0.25) is 0 Å². The summed E-state index contributed by atoms with van der Waals surface area (Å²) in [6.45, 7) is 5.40. The van der Waals surface area contributed by atoms with Gasteiger partial charge in [0.25, 0.3) is 0 Å². The van der Waals surface area contributed by atoms with Crippen molar-refractivity contribution in [1.29, 1.82) is 0 Å². The maximum Gasteiger partial charge on any atom is 0.0564 e. The average molecular weight is 245 g/mol. The Bertz CT molecular complexity index is 284. The molecule has 1 rings (SSSR count).